The summed E-state index contributed by atoms with van der Waals surface area (Å²) < 4.78 is 13.8. The Morgan fingerprint density at radius 2 is 1.91 bits per heavy atom. The average molecular weight is 317 g/mol. The molecule has 0 saturated carbocycles. The van der Waals surface area contributed by atoms with Gasteiger partial charge in [0, 0.05) is 4.88 Å². The van der Waals surface area contributed by atoms with Crippen LogP contribution in [0.25, 0.3) is 0 Å². The molecule has 1 aliphatic heterocycles. The number of halogens is 1. The van der Waals surface area contributed by atoms with Crippen molar-refractivity contribution in [3.8, 4) is 0 Å². The van der Waals surface area contributed by atoms with E-state index in [1.165, 1.54) is 35.8 Å². The number of benzene rings is 1. The number of carbonyl (C=O) groups is 2. The van der Waals surface area contributed by atoms with Gasteiger partial charge in [0.1, 0.15) is 18.9 Å². The van der Waals surface area contributed by atoms with Crippen LogP contribution in [-0.2, 0) is 9.59 Å². The van der Waals surface area contributed by atoms with E-state index in [1.807, 2.05) is 17.5 Å². The van der Waals surface area contributed by atoms with Crippen LogP contribution < -0.4 is 4.90 Å². The molecule has 22 heavy (non-hydrogen) atoms. The monoisotopic (exact) mass is 317 g/mol. The fraction of sp³-hybridized carbons (Fsp3) is 0.133. The van der Waals surface area contributed by atoms with Gasteiger partial charge in [0.2, 0.25) is 5.91 Å². The van der Waals surface area contributed by atoms with Crippen molar-refractivity contribution in [1.29, 1.82) is 0 Å². The summed E-state index contributed by atoms with van der Waals surface area (Å²) in [5, 5.41) is 7.04. The Bertz CT molecular complexity index is 730. The van der Waals surface area contributed by atoms with Crippen LogP contribution in [0.3, 0.4) is 0 Å². The molecule has 112 valence electrons. The van der Waals surface area contributed by atoms with Crippen LogP contribution in [0.4, 0.5) is 10.1 Å². The zero-order chi connectivity index (χ0) is 15.5. The van der Waals surface area contributed by atoms with Gasteiger partial charge >= 0.3 is 0 Å². The van der Waals surface area contributed by atoms with Gasteiger partial charge in [-0.25, -0.2) is 9.40 Å². The standard InChI is InChI=1S/C15H12FN3O2S/c16-12-5-1-2-6-13(12)18-9-15(21)19(10-14(18)20)17-8-11-4-3-7-22-11/h1-8H,9-10H2. The second kappa shape index (κ2) is 6.07. The summed E-state index contributed by atoms with van der Waals surface area (Å²) in [7, 11) is 0. The topological polar surface area (TPSA) is 53.0 Å². The van der Waals surface area contributed by atoms with Crippen LogP contribution in [0.5, 0.6) is 0 Å². The van der Waals surface area contributed by atoms with Crippen LogP contribution >= 0.6 is 11.3 Å². The van der Waals surface area contributed by atoms with Gasteiger partial charge in [-0.05, 0) is 23.6 Å². The molecule has 1 fully saturated rings. The Morgan fingerprint density at radius 3 is 2.64 bits per heavy atom. The van der Waals surface area contributed by atoms with E-state index in [2.05, 4.69) is 5.10 Å². The minimum absolute atomic E-state index is 0.114. The van der Waals surface area contributed by atoms with Gasteiger partial charge in [0.15, 0.2) is 0 Å². The number of para-hydroxylation sites is 1. The maximum Gasteiger partial charge on any atom is 0.263 e. The molecule has 1 saturated heterocycles. The van der Waals surface area contributed by atoms with Crippen molar-refractivity contribution < 1.29 is 14.0 Å². The number of hydrogen-bond donors (Lipinski definition) is 0. The smallest absolute Gasteiger partial charge is 0.263 e. The molecular weight excluding hydrogens is 305 g/mol. The third kappa shape index (κ3) is 2.89. The van der Waals surface area contributed by atoms with Gasteiger partial charge in [0.25, 0.3) is 5.91 Å². The van der Waals surface area contributed by atoms with E-state index < -0.39 is 5.82 Å². The minimum atomic E-state index is -0.529. The van der Waals surface area contributed by atoms with Crippen molar-refractivity contribution in [3.63, 3.8) is 0 Å². The number of piperazine rings is 1. The molecule has 2 heterocycles. The maximum atomic E-state index is 13.8. The summed E-state index contributed by atoms with van der Waals surface area (Å²) >= 11 is 1.48. The summed E-state index contributed by atoms with van der Waals surface area (Å²) in [4.78, 5) is 26.3. The highest BCUT2D eigenvalue weighted by atomic mass is 32.1. The lowest BCUT2D eigenvalue weighted by atomic mass is 10.2. The van der Waals surface area contributed by atoms with Crippen molar-refractivity contribution in [2.45, 2.75) is 0 Å². The van der Waals surface area contributed by atoms with Crippen LogP contribution in [0.15, 0.2) is 46.9 Å². The van der Waals surface area contributed by atoms with E-state index in [0.717, 1.165) is 14.8 Å². The normalized spacial score (nSPS) is 15.9. The number of anilines is 1. The maximum absolute atomic E-state index is 13.8. The van der Waals surface area contributed by atoms with Gasteiger partial charge in [-0.1, -0.05) is 18.2 Å². The quantitative estimate of drug-likeness (QED) is 0.814. The Morgan fingerprint density at radius 1 is 1.09 bits per heavy atom. The first-order valence-electron chi connectivity index (χ1n) is 6.58. The van der Waals surface area contributed by atoms with Gasteiger partial charge in [-0.3, -0.25) is 14.5 Å². The lowest BCUT2D eigenvalue weighted by Crippen LogP contribution is -2.52. The summed E-state index contributed by atoms with van der Waals surface area (Å²) in [6.45, 7) is -0.420. The number of hydrazone groups is 1. The van der Waals surface area contributed by atoms with Gasteiger partial charge in [-0.2, -0.15) is 5.10 Å². The Kier molecular flexibility index (Phi) is 3.97. The molecule has 3 rings (SSSR count). The van der Waals surface area contributed by atoms with Crippen LogP contribution in [0.1, 0.15) is 4.88 Å². The zero-order valence-electron chi connectivity index (χ0n) is 11.5. The Balaban J connectivity index is 1.76. The molecule has 0 atom stereocenters. The fourth-order valence-corrected chi connectivity index (χ4v) is 2.67. The molecule has 1 aliphatic rings. The summed E-state index contributed by atoms with van der Waals surface area (Å²) in [6.07, 6.45) is 1.54. The summed E-state index contributed by atoms with van der Waals surface area (Å²) in [5.41, 5.74) is 0.114. The zero-order valence-corrected chi connectivity index (χ0v) is 12.3. The van der Waals surface area contributed by atoms with Gasteiger partial charge in [-0.15, -0.1) is 11.3 Å². The van der Waals surface area contributed by atoms with Crippen LogP contribution in [-0.4, -0.2) is 36.1 Å². The highest BCUT2D eigenvalue weighted by Crippen LogP contribution is 2.21. The Hall–Kier alpha value is -2.54. The van der Waals surface area contributed by atoms with E-state index in [4.69, 9.17) is 0 Å². The number of carbonyl (C=O) groups excluding carboxylic acids is 2. The van der Waals surface area contributed by atoms with E-state index in [9.17, 15) is 14.0 Å². The van der Waals surface area contributed by atoms with Crippen molar-refractivity contribution in [2.75, 3.05) is 18.0 Å². The number of nitrogens with zero attached hydrogens (tertiary/aromatic N) is 3. The molecule has 2 aromatic rings. The molecular formula is C15H12FN3O2S. The average Bonchev–Trinajstić information content (AvgIpc) is 3.02. The highest BCUT2D eigenvalue weighted by molar-refractivity contribution is 7.11. The lowest BCUT2D eigenvalue weighted by Gasteiger charge is -2.31. The third-order valence-corrected chi connectivity index (χ3v) is 3.99. The fourth-order valence-electron chi connectivity index (χ4n) is 2.09. The van der Waals surface area contributed by atoms with Crippen LogP contribution in [0.2, 0.25) is 0 Å². The molecule has 0 bridgehead atoms. The SMILES string of the molecule is O=C1CN(c2ccccc2F)C(=O)CN1N=Cc1cccs1. The molecule has 0 spiro atoms. The predicted molar refractivity (Wildman–Crippen MR) is 82.4 cm³/mol. The number of thiophene rings is 1. The number of hydrogen-bond acceptors (Lipinski definition) is 4. The largest absolute Gasteiger partial charge is 0.298 e. The number of amides is 2. The summed E-state index contributed by atoms with van der Waals surface area (Å²) in [5.74, 6) is -1.25. The molecule has 7 heteroatoms. The molecule has 1 aromatic carbocycles. The van der Waals surface area contributed by atoms with Gasteiger partial charge < -0.3 is 0 Å². The summed E-state index contributed by atoms with van der Waals surface area (Å²) in [6, 6.07) is 9.62. The third-order valence-electron chi connectivity index (χ3n) is 3.18. The van der Waals surface area contributed by atoms with Crippen LogP contribution in [0, 0.1) is 5.82 Å². The molecule has 0 unspecified atom stereocenters. The predicted octanol–water partition coefficient (Wildman–Crippen LogP) is 2.10. The highest BCUT2D eigenvalue weighted by Gasteiger charge is 2.31. The van der Waals surface area contributed by atoms with Crippen molar-refractivity contribution in [1.82, 2.24) is 5.01 Å². The number of rotatable bonds is 3. The van der Waals surface area contributed by atoms with E-state index >= 15 is 0 Å². The molecule has 2 amide bonds. The molecule has 0 aliphatic carbocycles. The second-order valence-electron chi connectivity index (χ2n) is 4.64. The van der Waals surface area contributed by atoms with E-state index in [0.29, 0.717) is 0 Å². The van der Waals surface area contributed by atoms with Crippen molar-refractivity contribution >= 4 is 35.1 Å². The van der Waals surface area contributed by atoms with Crippen molar-refractivity contribution in [3.05, 3.63) is 52.5 Å². The first-order valence-corrected chi connectivity index (χ1v) is 7.46. The first kappa shape index (κ1) is 14.4. The molecule has 0 radical (unpaired) electrons. The van der Waals surface area contributed by atoms with E-state index in [-0.39, 0.29) is 30.6 Å². The minimum Gasteiger partial charge on any atom is -0.298 e. The molecule has 1 aromatic heterocycles. The van der Waals surface area contributed by atoms with Crippen molar-refractivity contribution in [2.24, 2.45) is 5.10 Å². The second-order valence-corrected chi connectivity index (χ2v) is 5.62. The first-order chi connectivity index (χ1) is 10.6. The van der Waals surface area contributed by atoms with E-state index in [1.54, 1.807) is 6.07 Å². The Labute approximate surface area is 130 Å². The molecule has 0 N–H and O–H groups in total. The lowest BCUT2D eigenvalue weighted by molar-refractivity contribution is -0.138. The molecule has 5 nitrogen and oxygen atoms in total. The van der Waals surface area contributed by atoms with Gasteiger partial charge in [0.05, 0.1) is 11.9 Å².